The lowest BCUT2D eigenvalue weighted by molar-refractivity contribution is -0.144. The third kappa shape index (κ3) is 3.57. The number of carbonyl (C=O) groups excluding carboxylic acids is 4. The van der Waals surface area contributed by atoms with Crippen LogP contribution < -0.4 is 14.8 Å². The number of nitrogens with one attached hydrogen (secondary N) is 1. The zero-order chi connectivity index (χ0) is 19.7. The van der Waals surface area contributed by atoms with Gasteiger partial charge in [-0.15, -0.1) is 0 Å². The van der Waals surface area contributed by atoms with Crippen LogP contribution in [0, 0.1) is 0 Å². The molecule has 0 bridgehead atoms. The van der Waals surface area contributed by atoms with Crippen molar-refractivity contribution in [3.05, 3.63) is 23.8 Å². The van der Waals surface area contributed by atoms with Gasteiger partial charge in [0.2, 0.25) is 5.91 Å². The van der Waals surface area contributed by atoms with Gasteiger partial charge in [0.05, 0.1) is 6.04 Å². The molecule has 1 N–H and O–H groups in total. The summed E-state index contributed by atoms with van der Waals surface area (Å²) in [6.45, 7) is 5.44. The summed E-state index contributed by atoms with van der Waals surface area (Å²) < 4.78 is 11.0. The Morgan fingerprint density at radius 2 is 1.74 bits per heavy atom. The predicted octanol–water partition coefficient (Wildman–Crippen LogP) is 0.834. The molecule has 1 aromatic rings. The Hall–Kier alpha value is -3.10. The number of imide groups is 2. The molecule has 9 nitrogen and oxygen atoms in total. The highest BCUT2D eigenvalue weighted by atomic mass is 16.6. The van der Waals surface area contributed by atoms with Crippen LogP contribution in [0.1, 0.15) is 32.4 Å². The predicted molar refractivity (Wildman–Crippen MR) is 93.1 cm³/mol. The van der Waals surface area contributed by atoms with Crippen LogP contribution in [0.5, 0.6) is 11.5 Å². The summed E-state index contributed by atoms with van der Waals surface area (Å²) in [7, 11) is 0. The molecule has 0 unspecified atom stereocenters. The van der Waals surface area contributed by atoms with Gasteiger partial charge < -0.3 is 14.8 Å². The fourth-order valence-electron chi connectivity index (χ4n) is 2.96. The molecule has 2 aliphatic heterocycles. The molecule has 1 aromatic carbocycles. The topological polar surface area (TPSA) is 105 Å². The van der Waals surface area contributed by atoms with E-state index in [2.05, 4.69) is 5.32 Å². The van der Waals surface area contributed by atoms with Crippen molar-refractivity contribution >= 4 is 23.8 Å². The molecule has 144 valence electrons. The van der Waals surface area contributed by atoms with Crippen LogP contribution in [0.4, 0.5) is 4.79 Å². The highest BCUT2D eigenvalue weighted by molar-refractivity contribution is 6.45. The van der Waals surface area contributed by atoms with E-state index in [0.717, 1.165) is 10.5 Å². The lowest BCUT2D eigenvalue weighted by Crippen LogP contribution is -2.43. The lowest BCUT2D eigenvalue weighted by atomic mass is 10.1. The maximum absolute atomic E-state index is 12.3. The Labute approximate surface area is 156 Å². The second kappa shape index (κ2) is 7.26. The van der Waals surface area contributed by atoms with E-state index < -0.39 is 42.4 Å². The van der Waals surface area contributed by atoms with Crippen LogP contribution in [-0.2, 0) is 14.4 Å². The molecule has 2 aliphatic rings. The molecule has 9 heteroatoms. The van der Waals surface area contributed by atoms with Crippen LogP contribution in [0.3, 0.4) is 0 Å². The SMILES string of the molecule is CC(C)N1C(=O)C(=O)N(CC(=O)N[C@H](C)c2ccc3c(c2)OCCO3)C1=O. The van der Waals surface area contributed by atoms with Gasteiger partial charge in [-0.2, -0.15) is 0 Å². The Bertz CT molecular complexity index is 806. The summed E-state index contributed by atoms with van der Waals surface area (Å²) >= 11 is 0. The summed E-state index contributed by atoms with van der Waals surface area (Å²) in [4.78, 5) is 49.9. The van der Waals surface area contributed by atoms with Crippen molar-refractivity contribution < 1.29 is 28.7 Å². The number of carbonyl (C=O) groups is 4. The number of urea groups is 1. The fraction of sp³-hybridized carbons (Fsp3) is 0.444. The normalized spacial score (nSPS) is 17.6. The van der Waals surface area contributed by atoms with Crippen molar-refractivity contribution in [1.29, 1.82) is 0 Å². The van der Waals surface area contributed by atoms with E-state index in [4.69, 9.17) is 9.47 Å². The molecule has 27 heavy (non-hydrogen) atoms. The highest BCUT2D eigenvalue weighted by Gasteiger charge is 2.46. The minimum absolute atomic E-state index is 0.391. The van der Waals surface area contributed by atoms with Gasteiger partial charge in [0.25, 0.3) is 0 Å². The molecule has 0 aromatic heterocycles. The van der Waals surface area contributed by atoms with Crippen molar-refractivity contribution in [3.8, 4) is 11.5 Å². The van der Waals surface area contributed by atoms with Crippen molar-refractivity contribution in [2.24, 2.45) is 0 Å². The molecular formula is C18H21N3O6. The molecule has 1 fully saturated rings. The van der Waals surface area contributed by atoms with E-state index in [9.17, 15) is 19.2 Å². The fourth-order valence-corrected chi connectivity index (χ4v) is 2.96. The van der Waals surface area contributed by atoms with Gasteiger partial charge in [0.15, 0.2) is 11.5 Å². The van der Waals surface area contributed by atoms with Gasteiger partial charge in [-0.1, -0.05) is 6.07 Å². The second-order valence-electron chi connectivity index (χ2n) is 6.64. The van der Waals surface area contributed by atoms with Crippen LogP contribution in [0.2, 0.25) is 0 Å². The van der Waals surface area contributed by atoms with E-state index in [0.29, 0.717) is 29.6 Å². The summed E-state index contributed by atoms with van der Waals surface area (Å²) in [5.41, 5.74) is 0.784. The highest BCUT2D eigenvalue weighted by Crippen LogP contribution is 2.32. The maximum Gasteiger partial charge on any atom is 0.334 e. The summed E-state index contributed by atoms with van der Waals surface area (Å²) in [6, 6.07) is 3.71. The van der Waals surface area contributed by atoms with E-state index in [1.54, 1.807) is 39.0 Å². The largest absolute Gasteiger partial charge is 0.486 e. The number of rotatable bonds is 5. The van der Waals surface area contributed by atoms with Gasteiger partial charge in [-0.25, -0.2) is 9.69 Å². The number of benzene rings is 1. The average Bonchev–Trinajstić information content (AvgIpc) is 2.84. The molecule has 0 aliphatic carbocycles. The molecule has 2 heterocycles. The van der Waals surface area contributed by atoms with Crippen molar-refractivity contribution in [1.82, 2.24) is 15.1 Å². The molecule has 0 spiro atoms. The van der Waals surface area contributed by atoms with Gasteiger partial charge >= 0.3 is 17.8 Å². The van der Waals surface area contributed by atoms with Crippen LogP contribution in [0.15, 0.2) is 18.2 Å². The lowest BCUT2D eigenvalue weighted by Gasteiger charge is -2.22. The van der Waals surface area contributed by atoms with Crippen molar-refractivity contribution in [3.63, 3.8) is 0 Å². The standard InChI is InChI=1S/C18H21N3O6/c1-10(2)21-17(24)16(23)20(18(21)25)9-15(22)19-11(3)12-4-5-13-14(8-12)27-7-6-26-13/h4-5,8,10-11H,6-7,9H2,1-3H3,(H,19,22)/t11-/m1/s1. The van der Waals surface area contributed by atoms with Crippen LogP contribution >= 0.6 is 0 Å². The first-order valence-corrected chi connectivity index (χ1v) is 8.67. The zero-order valence-electron chi connectivity index (χ0n) is 15.4. The number of ether oxygens (including phenoxy) is 2. The monoisotopic (exact) mass is 375 g/mol. The van der Waals surface area contributed by atoms with E-state index in [1.165, 1.54) is 0 Å². The first-order valence-electron chi connectivity index (χ1n) is 8.67. The number of nitrogens with zero attached hydrogens (tertiary/aromatic N) is 2. The Balaban J connectivity index is 1.64. The zero-order valence-corrected chi connectivity index (χ0v) is 15.4. The van der Waals surface area contributed by atoms with E-state index in [1.807, 2.05) is 0 Å². The summed E-state index contributed by atoms with van der Waals surface area (Å²) in [5.74, 6) is -1.21. The van der Waals surface area contributed by atoms with Gasteiger partial charge in [-0.05, 0) is 38.5 Å². The van der Waals surface area contributed by atoms with E-state index in [-0.39, 0.29) is 0 Å². The Kier molecular flexibility index (Phi) is 5.02. The van der Waals surface area contributed by atoms with Gasteiger partial charge in [0.1, 0.15) is 19.8 Å². The number of amides is 5. The molecule has 0 radical (unpaired) electrons. The first-order chi connectivity index (χ1) is 12.8. The smallest absolute Gasteiger partial charge is 0.334 e. The van der Waals surface area contributed by atoms with Gasteiger partial charge in [-0.3, -0.25) is 19.3 Å². The van der Waals surface area contributed by atoms with Crippen LogP contribution in [-0.4, -0.2) is 59.4 Å². The minimum atomic E-state index is -0.990. The third-order valence-corrected chi connectivity index (χ3v) is 4.35. The van der Waals surface area contributed by atoms with Crippen molar-refractivity contribution in [2.75, 3.05) is 19.8 Å². The first kappa shape index (κ1) is 18.7. The molecule has 1 saturated heterocycles. The molecule has 1 atom stereocenters. The number of fused-ring (bicyclic) bond motifs is 1. The molecule has 5 amide bonds. The number of hydrogen-bond acceptors (Lipinski definition) is 6. The number of hydrogen-bond donors (Lipinski definition) is 1. The molecule has 0 saturated carbocycles. The summed E-state index contributed by atoms with van der Waals surface area (Å²) in [6.07, 6.45) is 0. The molecular weight excluding hydrogens is 354 g/mol. The van der Waals surface area contributed by atoms with Crippen LogP contribution in [0.25, 0.3) is 0 Å². The Morgan fingerprint density at radius 3 is 2.37 bits per heavy atom. The maximum atomic E-state index is 12.3. The van der Waals surface area contributed by atoms with Gasteiger partial charge in [0, 0.05) is 6.04 Å². The minimum Gasteiger partial charge on any atom is -0.486 e. The Morgan fingerprint density at radius 1 is 1.07 bits per heavy atom. The second-order valence-corrected chi connectivity index (χ2v) is 6.64. The molecule has 3 rings (SSSR count). The van der Waals surface area contributed by atoms with Crippen molar-refractivity contribution in [2.45, 2.75) is 32.9 Å². The van der Waals surface area contributed by atoms with E-state index >= 15 is 0 Å². The summed E-state index contributed by atoms with van der Waals surface area (Å²) in [5, 5.41) is 2.72. The average molecular weight is 375 g/mol. The third-order valence-electron chi connectivity index (χ3n) is 4.35. The quantitative estimate of drug-likeness (QED) is 0.604.